The van der Waals surface area contributed by atoms with Gasteiger partial charge < -0.3 is 10.2 Å². The maximum atomic E-state index is 11.0. The molecule has 2 nitrogen and oxygen atoms in total. The lowest BCUT2D eigenvalue weighted by atomic mass is 9.74. The summed E-state index contributed by atoms with van der Waals surface area (Å²) in [5.74, 6) is 0.440. The molecule has 0 spiro atoms. The zero-order valence-corrected chi connectivity index (χ0v) is 14.6. The number of hydrogen-bond acceptors (Lipinski definition) is 2. The van der Waals surface area contributed by atoms with Crippen LogP contribution in [0.3, 0.4) is 0 Å². The van der Waals surface area contributed by atoms with E-state index in [9.17, 15) is 10.2 Å². The van der Waals surface area contributed by atoms with Crippen molar-refractivity contribution in [3.8, 4) is 0 Å². The van der Waals surface area contributed by atoms with Crippen molar-refractivity contribution in [2.75, 3.05) is 0 Å². The van der Waals surface area contributed by atoms with Gasteiger partial charge in [-0.05, 0) is 65.7 Å². The Bertz CT molecular complexity index is 480. The van der Waals surface area contributed by atoms with E-state index in [0.29, 0.717) is 12.3 Å². The number of hydrogen-bond donors (Lipinski definition) is 2. The van der Waals surface area contributed by atoms with Gasteiger partial charge in [0.15, 0.2) is 0 Å². The summed E-state index contributed by atoms with van der Waals surface area (Å²) in [5, 5.41) is 22.0. The lowest BCUT2D eigenvalue weighted by Gasteiger charge is -2.38. The van der Waals surface area contributed by atoms with Crippen molar-refractivity contribution in [1.82, 2.24) is 0 Å². The lowest BCUT2D eigenvalue weighted by Crippen LogP contribution is -2.45. The molecule has 0 radical (unpaired) electrons. The quantitative estimate of drug-likeness (QED) is 0.756. The standard InChI is InChI=1S/C20H32O2/c1-13(2)7-6-12-20(5,22)17-11-9-14(3)16-10-8-15(4)18(16)19(17)21/h7-8,16-19,21-22H,3,6,9-12H2,1-2,4-5H3/t16-,17+,18+,19+,20-/m0/s1. The maximum absolute atomic E-state index is 11.0. The van der Waals surface area contributed by atoms with Crippen LogP contribution in [-0.2, 0) is 0 Å². The molecule has 22 heavy (non-hydrogen) atoms. The Hall–Kier alpha value is -0.860. The summed E-state index contributed by atoms with van der Waals surface area (Å²) in [6, 6.07) is 0. The summed E-state index contributed by atoms with van der Waals surface area (Å²) in [5.41, 5.74) is 2.97. The van der Waals surface area contributed by atoms with Gasteiger partial charge in [-0.15, -0.1) is 0 Å². The van der Waals surface area contributed by atoms with E-state index in [4.69, 9.17) is 0 Å². The Balaban J connectivity index is 2.17. The van der Waals surface area contributed by atoms with Crippen molar-refractivity contribution in [2.24, 2.45) is 17.8 Å². The van der Waals surface area contributed by atoms with E-state index in [1.165, 1.54) is 16.7 Å². The largest absolute Gasteiger partial charge is 0.392 e. The summed E-state index contributed by atoms with van der Waals surface area (Å²) in [6.07, 6.45) is 8.26. The van der Waals surface area contributed by atoms with E-state index in [1.807, 2.05) is 6.92 Å². The van der Waals surface area contributed by atoms with Crippen molar-refractivity contribution in [3.63, 3.8) is 0 Å². The number of aliphatic hydroxyl groups is 2. The van der Waals surface area contributed by atoms with E-state index >= 15 is 0 Å². The van der Waals surface area contributed by atoms with Crippen LogP contribution in [0, 0.1) is 17.8 Å². The maximum Gasteiger partial charge on any atom is 0.0675 e. The highest BCUT2D eigenvalue weighted by Gasteiger charge is 2.46. The monoisotopic (exact) mass is 304 g/mol. The molecular weight excluding hydrogens is 272 g/mol. The third kappa shape index (κ3) is 3.55. The number of allylic oxidation sites excluding steroid dienone is 4. The molecule has 2 heteroatoms. The Morgan fingerprint density at radius 1 is 1.45 bits per heavy atom. The first kappa shape index (κ1) is 17.5. The van der Waals surface area contributed by atoms with Crippen LogP contribution in [0.15, 0.2) is 35.5 Å². The van der Waals surface area contributed by atoms with Crippen LogP contribution in [-0.4, -0.2) is 21.9 Å². The SMILES string of the molecule is C=C1CC[C@@H]([C@@](C)(O)CCC=C(C)C)[C@@H](O)[C@@H]2C(C)=CC[C@@H]12. The minimum absolute atomic E-state index is 0.0775. The molecule has 124 valence electrons. The fraction of sp³-hybridized carbons (Fsp3) is 0.700. The van der Waals surface area contributed by atoms with Crippen LogP contribution in [0.2, 0.25) is 0 Å². The fourth-order valence-electron chi connectivity index (χ4n) is 4.31. The Morgan fingerprint density at radius 3 is 2.77 bits per heavy atom. The van der Waals surface area contributed by atoms with Gasteiger partial charge in [0.1, 0.15) is 0 Å². The molecule has 0 aromatic carbocycles. The Labute approximate surface area is 135 Å². The van der Waals surface area contributed by atoms with Crippen LogP contribution in [0.5, 0.6) is 0 Å². The highest BCUT2D eigenvalue weighted by Crippen LogP contribution is 2.48. The molecule has 0 aromatic rings. The summed E-state index contributed by atoms with van der Waals surface area (Å²) in [6.45, 7) is 12.4. The smallest absolute Gasteiger partial charge is 0.0675 e. The van der Waals surface area contributed by atoms with Gasteiger partial charge in [0.25, 0.3) is 0 Å². The molecule has 0 unspecified atom stereocenters. The van der Waals surface area contributed by atoms with Crippen LogP contribution in [0.4, 0.5) is 0 Å². The first-order chi connectivity index (χ1) is 10.2. The van der Waals surface area contributed by atoms with Gasteiger partial charge in [0.05, 0.1) is 11.7 Å². The minimum Gasteiger partial charge on any atom is -0.392 e. The first-order valence-corrected chi connectivity index (χ1v) is 8.62. The highest BCUT2D eigenvalue weighted by atomic mass is 16.3. The van der Waals surface area contributed by atoms with E-state index in [1.54, 1.807) is 0 Å². The summed E-state index contributed by atoms with van der Waals surface area (Å²) in [7, 11) is 0. The van der Waals surface area contributed by atoms with Gasteiger partial charge in [-0.2, -0.15) is 0 Å². The molecule has 2 aliphatic rings. The second kappa shape index (κ2) is 6.72. The molecule has 2 rings (SSSR count). The first-order valence-electron chi connectivity index (χ1n) is 8.62. The molecule has 1 saturated carbocycles. The molecule has 0 heterocycles. The van der Waals surface area contributed by atoms with Crippen molar-refractivity contribution in [1.29, 1.82) is 0 Å². The van der Waals surface area contributed by atoms with E-state index in [0.717, 1.165) is 25.7 Å². The average molecular weight is 304 g/mol. The van der Waals surface area contributed by atoms with Gasteiger partial charge in [0, 0.05) is 11.8 Å². The van der Waals surface area contributed by atoms with Crippen LogP contribution in [0.25, 0.3) is 0 Å². The summed E-state index contributed by atoms with van der Waals surface area (Å²) >= 11 is 0. The predicted octanol–water partition coefficient (Wildman–Crippen LogP) is 4.39. The molecule has 2 aliphatic carbocycles. The second-order valence-corrected chi connectivity index (χ2v) is 7.79. The summed E-state index contributed by atoms with van der Waals surface area (Å²) in [4.78, 5) is 0. The van der Waals surface area contributed by atoms with Crippen LogP contribution in [0.1, 0.15) is 59.8 Å². The molecular formula is C20H32O2. The predicted molar refractivity (Wildman–Crippen MR) is 92.5 cm³/mol. The normalized spacial score (nSPS) is 34.5. The molecule has 1 fully saturated rings. The van der Waals surface area contributed by atoms with E-state index < -0.39 is 11.7 Å². The fourth-order valence-corrected chi connectivity index (χ4v) is 4.31. The topological polar surface area (TPSA) is 40.5 Å². The molecule has 0 amide bonds. The minimum atomic E-state index is -0.830. The van der Waals surface area contributed by atoms with Gasteiger partial charge in [-0.25, -0.2) is 0 Å². The third-order valence-corrected chi connectivity index (χ3v) is 5.74. The van der Waals surface area contributed by atoms with Crippen LogP contribution >= 0.6 is 0 Å². The molecule has 2 N–H and O–H groups in total. The summed E-state index contributed by atoms with van der Waals surface area (Å²) < 4.78 is 0. The van der Waals surface area contributed by atoms with Gasteiger partial charge in [-0.3, -0.25) is 0 Å². The van der Waals surface area contributed by atoms with Gasteiger partial charge in [0.2, 0.25) is 0 Å². The van der Waals surface area contributed by atoms with Crippen LogP contribution < -0.4 is 0 Å². The van der Waals surface area contributed by atoms with Gasteiger partial charge in [-0.1, -0.05) is 35.5 Å². The van der Waals surface area contributed by atoms with Crippen molar-refractivity contribution in [3.05, 3.63) is 35.5 Å². The molecule has 0 aromatic heterocycles. The van der Waals surface area contributed by atoms with Gasteiger partial charge >= 0.3 is 0 Å². The number of fused-ring (bicyclic) bond motifs is 1. The Morgan fingerprint density at radius 2 is 2.14 bits per heavy atom. The van der Waals surface area contributed by atoms with E-state index in [-0.39, 0.29) is 11.8 Å². The lowest BCUT2D eigenvalue weighted by molar-refractivity contribution is -0.0793. The Kier molecular flexibility index (Phi) is 5.34. The van der Waals surface area contributed by atoms with Crippen molar-refractivity contribution in [2.45, 2.75) is 71.5 Å². The van der Waals surface area contributed by atoms with Crippen molar-refractivity contribution < 1.29 is 10.2 Å². The third-order valence-electron chi connectivity index (χ3n) is 5.74. The van der Waals surface area contributed by atoms with Crippen molar-refractivity contribution >= 4 is 0 Å². The molecule has 0 bridgehead atoms. The van der Waals surface area contributed by atoms with E-state index in [2.05, 4.69) is 39.5 Å². The molecule has 0 saturated heterocycles. The second-order valence-electron chi connectivity index (χ2n) is 7.79. The zero-order valence-electron chi connectivity index (χ0n) is 14.6. The highest BCUT2D eigenvalue weighted by molar-refractivity contribution is 5.25. The average Bonchev–Trinajstić information content (AvgIpc) is 2.73. The molecule has 0 aliphatic heterocycles. The zero-order chi connectivity index (χ0) is 16.5. The molecule has 5 atom stereocenters. The number of aliphatic hydroxyl groups excluding tert-OH is 1. The number of rotatable bonds is 4.